The molecule has 0 N–H and O–H groups in total. The average Bonchev–Trinajstić information content (AvgIpc) is 2.95. The van der Waals surface area contributed by atoms with Crippen molar-refractivity contribution in [2.24, 2.45) is 0 Å². The van der Waals surface area contributed by atoms with Gasteiger partial charge in [-0.1, -0.05) is 6.08 Å². The summed E-state index contributed by atoms with van der Waals surface area (Å²) in [4.78, 5) is 38.2. The molecule has 1 saturated heterocycles. The number of esters is 1. The molecule has 21 heavy (non-hydrogen) atoms. The SMILES string of the molecule is C=CCC1=C(C)C(=O)C(N2CCCC2C(=O)OC)=CC1=O. The van der Waals surface area contributed by atoms with E-state index in [1.165, 1.54) is 13.2 Å². The van der Waals surface area contributed by atoms with E-state index in [1.54, 1.807) is 17.9 Å². The first kappa shape index (κ1) is 15.2. The molecule has 0 bridgehead atoms. The summed E-state index contributed by atoms with van der Waals surface area (Å²) in [5.41, 5.74) is 1.22. The van der Waals surface area contributed by atoms with E-state index in [0.717, 1.165) is 6.42 Å². The van der Waals surface area contributed by atoms with Gasteiger partial charge in [-0.05, 0) is 26.2 Å². The quantitative estimate of drug-likeness (QED) is 0.446. The van der Waals surface area contributed by atoms with Crippen LogP contribution in [-0.2, 0) is 19.1 Å². The lowest BCUT2D eigenvalue weighted by Crippen LogP contribution is -2.40. The second-order valence-electron chi connectivity index (χ2n) is 5.19. The molecule has 0 saturated carbocycles. The van der Waals surface area contributed by atoms with Gasteiger partial charge in [-0.3, -0.25) is 9.59 Å². The fraction of sp³-hybridized carbons (Fsp3) is 0.438. The van der Waals surface area contributed by atoms with Crippen LogP contribution in [-0.4, -0.2) is 42.1 Å². The number of hydrogen-bond donors (Lipinski definition) is 0. The Morgan fingerprint density at radius 3 is 2.86 bits per heavy atom. The predicted molar refractivity (Wildman–Crippen MR) is 77.4 cm³/mol. The number of allylic oxidation sites excluding steroid dienone is 4. The lowest BCUT2D eigenvalue weighted by molar-refractivity contribution is -0.145. The Morgan fingerprint density at radius 1 is 1.52 bits per heavy atom. The van der Waals surface area contributed by atoms with Crippen LogP contribution in [0.4, 0.5) is 0 Å². The van der Waals surface area contributed by atoms with E-state index < -0.39 is 6.04 Å². The number of ketones is 2. The second kappa shape index (κ2) is 6.08. The van der Waals surface area contributed by atoms with Crippen molar-refractivity contribution in [3.63, 3.8) is 0 Å². The molecule has 2 rings (SSSR count). The highest BCUT2D eigenvalue weighted by molar-refractivity contribution is 6.22. The van der Waals surface area contributed by atoms with E-state index >= 15 is 0 Å². The molecule has 0 amide bonds. The highest BCUT2D eigenvalue weighted by Gasteiger charge is 2.37. The summed E-state index contributed by atoms with van der Waals surface area (Å²) in [6.45, 7) is 5.83. The van der Waals surface area contributed by atoms with Crippen molar-refractivity contribution in [2.75, 3.05) is 13.7 Å². The number of rotatable bonds is 4. The van der Waals surface area contributed by atoms with E-state index in [1.807, 2.05) is 0 Å². The average molecular weight is 289 g/mol. The summed E-state index contributed by atoms with van der Waals surface area (Å²) in [7, 11) is 1.33. The smallest absolute Gasteiger partial charge is 0.328 e. The third-order valence-electron chi connectivity index (χ3n) is 3.98. The van der Waals surface area contributed by atoms with Crippen molar-refractivity contribution in [1.82, 2.24) is 4.90 Å². The number of likely N-dealkylation sites (tertiary alicyclic amines) is 1. The first-order chi connectivity index (χ1) is 10.0. The third-order valence-corrected chi connectivity index (χ3v) is 3.98. The molecule has 0 aromatic rings. The molecule has 1 unspecified atom stereocenters. The minimum Gasteiger partial charge on any atom is -0.467 e. The molecule has 0 aromatic carbocycles. The Labute approximate surface area is 123 Å². The van der Waals surface area contributed by atoms with Crippen molar-refractivity contribution in [2.45, 2.75) is 32.2 Å². The van der Waals surface area contributed by atoms with Gasteiger partial charge in [-0.15, -0.1) is 6.58 Å². The van der Waals surface area contributed by atoms with E-state index in [2.05, 4.69) is 6.58 Å². The highest BCUT2D eigenvalue weighted by Crippen LogP contribution is 2.29. The Balaban J connectivity index is 2.32. The van der Waals surface area contributed by atoms with E-state index in [4.69, 9.17) is 4.74 Å². The number of Topliss-reactive ketones (excluding diaryl/α,β-unsaturated/α-hetero) is 1. The number of methoxy groups -OCH3 is 1. The summed E-state index contributed by atoms with van der Waals surface area (Å²) in [6, 6.07) is -0.480. The standard InChI is InChI=1S/C16H19NO4/c1-4-6-11-10(2)15(19)13(9-14(11)18)17-8-5-7-12(17)16(20)21-3/h4,9,12H,1,5-8H2,2-3H3. The summed E-state index contributed by atoms with van der Waals surface area (Å²) in [5.74, 6) is -0.744. The van der Waals surface area contributed by atoms with Crippen molar-refractivity contribution >= 4 is 17.5 Å². The number of carbonyl (C=O) groups is 3. The molecule has 0 radical (unpaired) electrons. The van der Waals surface area contributed by atoms with Gasteiger partial charge in [0, 0.05) is 23.8 Å². The fourth-order valence-corrected chi connectivity index (χ4v) is 2.84. The zero-order valence-electron chi connectivity index (χ0n) is 12.3. The highest BCUT2D eigenvalue weighted by atomic mass is 16.5. The van der Waals surface area contributed by atoms with E-state index in [-0.39, 0.29) is 17.5 Å². The lowest BCUT2D eigenvalue weighted by Gasteiger charge is -2.28. The molecule has 1 atom stereocenters. The minimum absolute atomic E-state index is 0.183. The van der Waals surface area contributed by atoms with Gasteiger partial charge in [0.1, 0.15) is 6.04 Å². The topological polar surface area (TPSA) is 63.7 Å². The maximum Gasteiger partial charge on any atom is 0.328 e. The van der Waals surface area contributed by atoms with E-state index in [9.17, 15) is 14.4 Å². The normalized spacial score (nSPS) is 22.5. The Hall–Kier alpha value is -2.17. The zero-order chi connectivity index (χ0) is 15.6. The van der Waals surface area contributed by atoms with Crippen LogP contribution in [0.1, 0.15) is 26.2 Å². The monoisotopic (exact) mass is 289 g/mol. The Morgan fingerprint density at radius 2 is 2.24 bits per heavy atom. The van der Waals surface area contributed by atoms with Crippen LogP contribution >= 0.6 is 0 Å². The molecular weight excluding hydrogens is 270 g/mol. The van der Waals surface area contributed by atoms with Crippen molar-refractivity contribution < 1.29 is 19.1 Å². The zero-order valence-corrected chi connectivity index (χ0v) is 12.3. The van der Waals surface area contributed by atoms with Gasteiger partial charge in [0.2, 0.25) is 5.78 Å². The molecule has 2 aliphatic rings. The molecule has 1 heterocycles. The van der Waals surface area contributed by atoms with Crippen LogP contribution in [0, 0.1) is 0 Å². The molecule has 0 spiro atoms. The van der Waals surface area contributed by atoms with Crippen molar-refractivity contribution in [3.05, 3.63) is 35.6 Å². The molecule has 1 aliphatic heterocycles. The van der Waals surface area contributed by atoms with Gasteiger partial charge in [0.15, 0.2) is 5.78 Å². The molecule has 5 heteroatoms. The Kier molecular flexibility index (Phi) is 4.40. The summed E-state index contributed by atoms with van der Waals surface area (Å²) < 4.78 is 4.77. The summed E-state index contributed by atoms with van der Waals surface area (Å²) in [6.07, 6.45) is 4.75. The number of nitrogens with zero attached hydrogens (tertiary/aromatic N) is 1. The van der Waals surface area contributed by atoms with Crippen LogP contribution in [0.25, 0.3) is 0 Å². The molecule has 0 aromatic heterocycles. The van der Waals surface area contributed by atoms with Crippen LogP contribution < -0.4 is 0 Å². The maximum atomic E-state index is 12.5. The van der Waals surface area contributed by atoms with Gasteiger partial charge >= 0.3 is 5.97 Å². The molecule has 1 aliphatic carbocycles. The third kappa shape index (κ3) is 2.68. The van der Waals surface area contributed by atoms with Gasteiger partial charge < -0.3 is 9.64 Å². The van der Waals surface area contributed by atoms with Crippen LogP contribution in [0.15, 0.2) is 35.6 Å². The molecule has 5 nitrogen and oxygen atoms in total. The number of hydrogen-bond acceptors (Lipinski definition) is 5. The first-order valence-electron chi connectivity index (χ1n) is 6.97. The van der Waals surface area contributed by atoms with Crippen LogP contribution in [0.3, 0.4) is 0 Å². The summed E-state index contributed by atoms with van der Waals surface area (Å²) in [5, 5.41) is 0. The number of carbonyl (C=O) groups excluding carboxylic acids is 3. The Bertz CT molecular complexity index is 571. The molecule has 1 fully saturated rings. The number of ether oxygens (including phenoxy) is 1. The maximum absolute atomic E-state index is 12.5. The first-order valence-corrected chi connectivity index (χ1v) is 6.97. The van der Waals surface area contributed by atoms with Gasteiger partial charge in [0.25, 0.3) is 0 Å². The van der Waals surface area contributed by atoms with Crippen LogP contribution in [0.5, 0.6) is 0 Å². The van der Waals surface area contributed by atoms with Crippen molar-refractivity contribution in [3.8, 4) is 0 Å². The van der Waals surface area contributed by atoms with Gasteiger partial charge in [-0.2, -0.15) is 0 Å². The van der Waals surface area contributed by atoms with Crippen LogP contribution in [0.2, 0.25) is 0 Å². The van der Waals surface area contributed by atoms with E-state index in [0.29, 0.717) is 36.2 Å². The second-order valence-corrected chi connectivity index (χ2v) is 5.19. The molecular formula is C16H19NO4. The predicted octanol–water partition coefficient (Wildman–Crippen LogP) is 1.55. The molecule has 112 valence electrons. The largest absolute Gasteiger partial charge is 0.467 e. The van der Waals surface area contributed by atoms with Gasteiger partial charge in [-0.25, -0.2) is 4.79 Å². The minimum atomic E-state index is -0.480. The van der Waals surface area contributed by atoms with Crippen molar-refractivity contribution in [1.29, 1.82) is 0 Å². The summed E-state index contributed by atoms with van der Waals surface area (Å²) >= 11 is 0. The fourth-order valence-electron chi connectivity index (χ4n) is 2.84. The van der Waals surface area contributed by atoms with Gasteiger partial charge in [0.05, 0.1) is 12.8 Å². The lowest BCUT2D eigenvalue weighted by atomic mass is 9.91.